The van der Waals surface area contributed by atoms with Gasteiger partial charge in [0.2, 0.25) is 0 Å². The van der Waals surface area contributed by atoms with Crippen LogP contribution in [0.15, 0.2) is 0 Å². The van der Waals surface area contributed by atoms with Gasteiger partial charge in [-0.25, -0.2) is 9.59 Å². The van der Waals surface area contributed by atoms with Crippen molar-refractivity contribution >= 4 is 20.1 Å². The molecule has 0 radical (unpaired) electrons. The van der Waals surface area contributed by atoms with E-state index in [1.165, 1.54) is 4.90 Å². The zero-order valence-electron chi connectivity index (χ0n) is 10.2. The summed E-state index contributed by atoms with van der Waals surface area (Å²) in [6.45, 7) is 8.68. The van der Waals surface area contributed by atoms with Crippen molar-refractivity contribution in [1.82, 2.24) is 4.90 Å². The van der Waals surface area contributed by atoms with Crippen LogP contribution in [0.2, 0.25) is 19.6 Å². The van der Waals surface area contributed by atoms with E-state index < -0.39 is 26.2 Å². The van der Waals surface area contributed by atoms with Gasteiger partial charge in [0.25, 0.3) is 0 Å². The third-order valence-electron chi connectivity index (χ3n) is 3.04. The molecule has 0 aromatic carbocycles. The van der Waals surface area contributed by atoms with E-state index in [9.17, 15) is 9.59 Å². The molecule has 1 N–H and O–H groups in total. The van der Waals surface area contributed by atoms with Gasteiger partial charge < -0.3 is 9.84 Å². The maximum atomic E-state index is 11.7. The van der Waals surface area contributed by atoms with Gasteiger partial charge in [0.1, 0.15) is 6.04 Å². The molecule has 0 bridgehead atoms. The molecule has 0 aromatic rings. The Labute approximate surface area is 96.4 Å². The van der Waals surface area contributed by atoms with Crippen molar-refractivity contribution in [2.24, 2.45) is 0 Å². The highest BCUT2D eigenvalue weighted by Gasteiger charge is 2.40. The fraction of sp³-hybridized carbons (Fsp3) is 0.800. The average molecular weight is 245 g/mol. The first-order valence-corrected chi connectivity index (χ1v) is 9.01. The van der Waals surface area contributed by atoms with Gasteiger partial charge in [-0.15, -0.1) is 0 Å². The smallest absolute Gasteiger partial charge is 0.410 e. The second kappa shape index (κ2) is 4.45. The summed E-state index contributed by atoms with van der Waals surface area (Å²) in [7, 11) is -1.52. The van der Waals surface area contributed by atoms with Gasteiger partial charge in [-0.05, 0) is 13.3 Å². The minimum absolute atomic E-state index is 0.102. The van der Waals surface area contributed by atoms with Gasteiger partial charge in [0.05, 0.1) is 13.8 Å². The first kappa shape index (κ1) is 13.0. The van der Waals surface area contributed by atoms with E-state index in [0.29, 0.717) is 13.0 Å². The molecular formula is C10H19NO4Si. The zero-order chi connectivity index (χ0) is 12.5. The Kier molecular flexibility index (Phi) is 3.62. The van der Waals surface area contributed by atoms with Crippen molar-refractivity contribution in [2.45, 2.75) is 44.8 Å². The Bertz CT molecular complexity index is 300. The largest absolute Gasteiger partial charge is 0.480 e. The fourth-order valence-corrected chi connectivity index (χ4v) is 1.71. The fourth-order valence-electron chi connectivity index (χ4n) is 1.26. The standard InChI is InChI=1S/C10H19NO4Si/c1-7(16(2,3)4)15-10(14)11-6-5-8(11)9(12)13/h7-8H,5-6H2,1-4H3,(H,12,13). The molecule has 16 heavy (non-hydrogen) atoms. The Morgan fingerprint density at radius 2 is 2.00 bits per heavy atom. The van der Waals surface area contributed by atoms with Crippen molar-refractivity contribution in [3.63, 3.8) is 0 Å². The number of carbonyl (C=O) groups is 2. The summed E-state index contributed by atoms with van der Waals surface area (Å²) in [6.07, 6.45) is 0.0275. The number of rotatable bonds is 3. The highest BCUT2D eigenvalue weighted by molar-refractivity contribution is 6.77. The lowest BCUT2D eigenvalue weighted by molar-refractivity contribution is -0.147. The maximum absolute atomic E-state index is 11.7. The Morgan fingerprint density at radius 1 is 1.44 bits per heavy atom. The lowest BCUT2D eigenvalue weighted by atomic mass is 10.1. The van der Waals surface area contributed by atoms with Crippen LogP contribution in [-0.2, 0) is 9.53 Å². The van der Waals surface area contributed by atoms with Crippen LogP contribution in [0.4, 0.5) is 4.79 Å². The number of hydrogen-bond acceptors (Lipinski definition) is 3. The summed E-state index contributed by atoms with van der Waals surface area (Å²) in [5, 5.41) is 8.81. The van der Waals surface area contributed by atoms with Crippen LogP contribution in [0.5, 0.6) is 0 Å². The number of amides is 1. The van der Waals surface area contributed by atoms with Gasteiger partial charge >= 0.3 is 12.1 Å². The molecule has 0 aromatic heterocycles. The van der Waals surface area contributed by atoms with Gasteiger partial charge in [0, 0.05) is 6.54 Å². The molecule has 2 unspecified atom stereocenters. The molecule has 92 valence electrons. The minimum Gasteiger partial charge on any atom is -0.480 e. The Morgan fingerprint density at radius 3 is 2.31 bits per heavy atom. The molecule has 5 nitrogen and oxygen atoms in total. The van der Waals surface area contributed by atoms with Gasteiger partial charge in [-0.2, -0.15) is 0 Å². The summed E-state index contributed by atoms with van der Waals surface area (Å²) in [4.78, 5) is 23.7. The summed E-state index contributed by atoms with van der Waals surface area (Å²) >= 11 is 0. The van der Waals surface area contributed by atoms with Crippen LogP contribution in [0, 0.1) is 0 Å². The molecule has 1 fully saturated rings. The third-order valence-corrected chi connectivity index (χ3v) is 5.59. The number of ether oxygens (including phenoxy) is 1. The summed E-state index contributed by atoms with van der Waals surface area (Å²) in [5.74, 6) is -0.955. The first-order valence-electron chi connectivity index (χ1n) is 5.43. The van der Waals surface area contributed by atoms with Gasteiger partial charge in [-0.1, -0.05) is 19.6 Å². The Hall–Kier alpha value is -1.04. The molecule has 1 aliphatic rings. The van der Waals surface area contributed by atoms with E-state index in [2.05, 4.69) is 19.6 Å². The van der Waals surface area contributed by atoms with Crippen LogP contribution in [-0.4, -0.2) is 48.5 Å². The molecular weight excluding hydrogens is 226 g/mol. The number of likely N-dealkylation sites (tertiary alicyclic amines) is 1. The summed E-state index contributed by atoms with van der Waals surface area (Å²) in [5.41, 5.74) is -0.102. The van der Waals surface area contributed by atoms with Crippen LogP contribution < -0.4 is 0 Å². The molecule has 1 aliphatic heterocycles. The van der Waals surface area contributed by atoms with E-state index in [0.717, 1.165) is 0 Å². The van der Waals surface area contributed by atoms with Crippen LogP contribution >= 0.6 is 0 Å². The predicted molar refractivity (Wildman–Crippen MR) is 62.0 cm³/mol. The SMILES string of the molecule is CC(OC(=O)N1CCC1C(=O)O)[Si](C)(C)C. The molecule has 1 saturated heterocycles. The minimum atomic E-state index is -1.52. The van der Waals surface area contributed by atoms with Crippen molar-refractivity contribution in [1.29, 1.82) is 0 Å². The second-order valence-electron chi connectivity index (χ2n) is 5.23. The second-order valence-corrected chi connectivity index (χ2v) is 10.8. The normalized spacial score (nSPS) is 22.2. The zero-order valence-corrected chi connectivity index (χ0v) is 11.2. The number of aliphatic carboxylic acids is 1. The number of hydrogen-bond donors (Lipinski definition) is 1. The number of carboxylic acids is 1. The Balaban J connectivity index is 2.51. The topological polar surface area (TPSA) is 66.8 Å². The van der Waals surface area contributed by atoms with Crippen molar-refractivity contribution in [3.05, 3.63) is 0 Å². The lowest BCUT2D eigenvalue weighted by Crippen LogP contribution is -2.56. The van der Waals surface area contributed by atoms with Gasteiger partial charge in [-0.3, -0.25) is 4.90 Å². The number of carboxylic acid groups (broad SMARTS) is 1. The third kappa shape index (κ3) is 2.75. The monoisotopic (exact) mass is 245 g/mol. The van der Waals surface area contributed by atoms with Crippen LogP contribution in [0.3, 0.4) is 0 Å². The van der Waals surface area contributed by atoms with Crippen molar-refractivity contribution in [3.8, 4) is 0 Å². The van der Waals surface area contributed by atoms with E-state index in [4.69, 9.17) is 9.84 Å². The molecule has 6 heteroatoms. The van der Waals surface area contributed by atoms with Crippen molar-refractivity contribution < 1.29 is 19.4 Å². The molecule has 0 spiro atoms. The van der Waals surface area contributed by atoms with E-state index in [1.54, 1.807) is 0 Å². The van der Waals surface area contributed by atoms with Gasteiger partial charge in [0.15, 0.2) is 0 Å². The van der Waals surface area contributed by atoms with E-state index >= 15 is 0 Å². The van der Waals surface area contributed by atoms with E-state index in [-0.39, 0.29) is 5.73 Å². The summed E-state index contributed by atoms with van der Waals surface area (Å²) in [6, 6.07) is -0.693. The average Bonchev–Trinajstić information content (AvgIpc) is 1.97. The molecule has 1 amide bonds. The lowest BCUT2D eigenvalue weighted by Gasteiger charge is -2.38. The van der Waals surface area contributed by atoms with Crippen molar-refractivity contribution in [2.75, 3.05) is 6.54 Å². The highest BCUT2D eigenvalue weighted by Crippen LogP contribution is 2.20. The summed E-state index contributed by atoms with van der Waals surface area (Å²) < 4.78 is 5.28. The van der Waals surface area contributed by atoms with Crippen LogP contribution in [0.1, 0.15) is 13.3 Å². The van der Waals surface area contributed by atoms with Crippen LogP contribution in [0.25, 0.3) is 0 Å². The quantitative estimate of drug-likeness (QED) is 0.766. The maximum Gasteiger partial charge on any atom is 0.410 e. The number of carbonyl (C=O) groups excluding carboxylic acids is 1. The van der Waals surface area contributed by atoms with E-state index in [1.807, 2.05) is 6.92 Å². The molecule has 1 heterocycles. The first-order chi connectivity index (χ1) is 7.23. The highest BCUT2D eigenvalue weighted by atomic mass is 28.3. The number of nitrogens with zero attached hydrogens (tertiary/aromatic N) is 1. The molecule has 0 aliphatic carbocycles. The predicted octanol–water partition coefficient (Wildman–Crippen LogP) is 1.55. The molecule has 1 rings (SSSR count). The molecule has 2 atom stereocenters. The molecule has 0 saturated carbocycles.